The molecule has 2 amide bonds. The molecule has 6 nitrogen and oxygen atoms in total. The smallest absolute Gasteiger partial charge is 0.337 e. The predicted molar refractivity (Wildman–Crippen MR) is 112 cm³/mol. The number of hydrogen-bond acceptors (Lipinski definition) is 3. The second-order valence-corrected chi connectivity index (χ2v) is 6.75. The van der Waals surface area contributed by atoms with Gasteiger partial charge in [-0.3, -0.25) is 9.59 Å². The third kappa shape index (κ3) is 4.74. The fraction of sp³-hybridized carbons (Fsp3) is 0. The molecule has 0 atom stereocenters. The molecule has 3 aromatic carbocycles. The molecule has 0 aliphatic rings. The molecule has 3 aromatic rings. The van der Waals surface area contributed by atoms with E-state index >= 15 is 0 Å². The SMILES string of the molecule is O=C(Nc1ccccc1C(=O)O)c1ccc(Cl)c(NC(=O)c2ccccc2Cl)c1. The Kier molecular flexibility index (Phi) is 6.16. The van der Waals surface area contributed by atoms with Gasteiger partial charge in [0, 0.05) is 5.56 Å². The van der Waals surface area contributed by atoms with Crippen molar-refractivity contribution in [2.24, 2.45) is 0 Å². The highest BCUT2D eigenvalue weighted by Crippen LogP contribution is 2.26. The predicted octanol–water partition coefficient (Wildman–Crippen LogP) is 5.20. The van der Waals surface area contributed by atoms with Crippen LogP contribution in [-0.2, 0) is 0 Å². The lowest BCUT2D eigenvalue weighted by Crippen LogP contribution is -2.16. The number of anilines is 2. The first-order valence-electron chi connectivity index (χ1n) is 8.36. The maximum absolute atomic E-state index is 12.6. The number of rotatable bonds is 5. The highest BCUT2D eigenvalue weighted by molar-refractivity contribution is 6.36. The largest absolute Gasteiger partial charge is 0.478 e. The summed E-state index contributed by atoms with van der Waals surface area (Å²) in [6.45, 7) is 0. The van der Waals surface area contributed by atoms with Gasteiger partial charge in [-0.05, 0) is 42.5 Å². The van der Waals surface area contributed by atoms with Gasteiger partial charge in [0.25, 0.3) is 11.8 Å². The fourth-order valence-corrected chi connectivity index (χ4v) is 2.96. The molecule has 0 aromatic heterocycles. The Morgan fingerprint density at radius 3 is 2.00 bits per heavy atom. The molecule has 3 rings (SSSR count). The van der Waals surface area contributed by atoms with Crippen molar-refractivity contribution >= 4 is 52.4 Å². The van der Waals surface area contributed by atoms with E-state index in [2.05, 4.69) is 10.6 Å². The number of amides is 2. The molecular formula is C21H14Cl2N2O4. The van der Waals surface area contributed by atoms with E-state index in [0.717, 1.165) is 0 Å². The summed E-state index contributed by atoms with van der Waals surface area (Å²) >= 11 is 12.2. The molecule has 0 saturated carbocycles. The molecule has 0 spiro atoms. The van der Waals surface area contributed by atoms with Crippen molar-refractivity contribution < 1.29 is 19.5 Å². The number of halogens is 2. The Morgan fingerprint density at radius 1 is 0.690 bits per heavy atom. The first kappa shape index (κ1) is 20.4. The minimum Gasteiger partial charge on any atom is -0.478 e. The van der Waals surface area contributed by atoms with Crippen LogP contribution in [0.25, 0.3) is 0 Å². The van der Waals surface area contributed by atoms with Crippen LogP contribution in [0.3, 0.4) is 0 Å². The van der Waals surface area contributed by atoms with Gasteiger partial charge in [0.15, 0.2) is 0 Å². The summed E-state index contributed by atoms with van der Waals surface area (Å²) in [6, 6.07) is 16.9. The zero-order valence-electron chi connectivity index (χ0n) is 14.8. The Morgan fingerprint density at radius 2 is 1.31 bits per heavy atom. The Hall–Kier alpha value is -3.35. The minimum atomic E-state index is -1.16. The maximum atomic E-state index is 12.6. The van der Waals surface area contributed by atoms with Crippen LogP contribution >= 0.6 is 23.2 Å². The summed E-state index contributed by atoms with van der Waals surface area (Å²) in [6.07, 6.45) is 0. The Balaban J connectivity index is 1.84. The summed E-state index contributed by atoms with van der Waals surface area (Å²) in [5, 5.41) is 14.9. The Labute approximate surface area is 176 Å². The van der Waals surface area contributed by atoms with E-state index in [0.29, 0.717) is 0 Å². The van der Waals surface area contributed by atoms with Gasteiger partial charge < -0.3 is 15.7 Å². The van der Waals surface area contributed by atoms with Crippen molar-refractivity contribution in [3.63, 3.8) is 0 Å². The van der Waals surface area contributed by atoms with Crippen LogP contribution in [0.1, 0.15) is 31.1 Å². The third-order valence-electron chi connectivity index (χ3n) is 4.00. The van der Waals surface area contributed by atoms with Crippen LogP contribution in [0.5, 0.6) is 0 Å². The highest BCUT2D eigenvalue weighted by Gasteiger charge is 2.16. The molecule has 3 N–H and O–H groups in total. The zero-order valence-corrected chi connectivity index (χ0v) is 16.3. The van der Waals surface area contributed by atoms with Crippen molar-refractivity contribution in [2.75, 3.05) is 10.6 Å². The van der Waals surface area contributed by atoms with Crippen molar-refractivity contribution in [3.05, 3.63) is 93.5 Å². The molecule has 0 saturated heterocycles. The monoisotopic (exact) mass is 428 g/mol. The third-order valence-corrected chi connectivity index (χ3v) is 4.66. The summed E-state index contributed by atoms with van der Waals surface area (Å²) in [5.41, 5.74) is 0.777. The lowest BCUT2D eigenvalue weighted by Gasteiger charge is -2.12. The van der Waals surface area contributed by atoms with E-state index in [1.807, 2.05) is 0 Å². The lowest BCUT2D eigenvalue weighted by molar-refractivity contribution is 0.0697. The topological polar surface area (TPSA) is 95.5 Å². The number of carbonyl (C=O) groups excluding carboxylic acids is 2. The van der Waals surface area contributed by atoms with Gasteiger partial charge in [-0.2, -0.15) is 0 Å². The zero-order chi connectivity index (χ0) is 21.0. The van der Waals surface area contributed by atoms with Crippen LogP contribution < -0.4 is 10.6 Å². The van der Waals surface area contributed by atoms with Crippen molar-refractivity contribution in [2.45, 2.75) is 0 Å². The van der Waals surface area contributed by atoms with Crippen LogP contribution in [0.4, 0.5) is 11.4 Å². The molecular weight excluding hydrogens is 415 g/mol. The van der Waals surface area contributed by atoms with Crippen molar-refractivity contribution in [3.8, 4) is 0 Å². The van der Waals surface area contributed by atoms with Gasteiger partial charge in [0.05, 0.1) is 32.5 Å². The van der Waals surface area contributed by atoms with Gasteiger partial charge >= 0.3 is 5.97 Å². The van der Waals surface area contributed by atoms with Gasteiger partial charge in [-0.25, -0.2) is 4.79 Å². The van der Waals surface area contributed by atoms with Gasteiger partial charge in [-0.15, -0.1) is 0 Å². The average Bonchev–Trinajstić information content (AvgIpc) is 2.70. The van der Waals surface area contributed by atoms with Gasteiger partial charge in [-0.1, -0.05) is 47.5 Å². The molecule has 0 heterocycles. The number of carbonyl (C=O) groups is 3. The van der Waals surface area contributed by atoms with Crippen LogP contribution in [0.2, 0.25) is 10.0 Å². The first-order valence-corrected chi connectivity index (χ1v) is 9.11. The Bertz CT molecular complexity index is 1120. The molecule has 8 heteroatoms. The van der Waals surface area contributed by atoms with E-state index < -0.39 is 17.8 Å². The standard InChI is InChI=1S/C21H14Cl2N2O4/c22-15-7-3-1-5-13(15)20(27)25-18-11-12(9-10-16(18)23)19(26)24-17-8-4-2-6-14(17)21(28)29/h1-11H,(H,24,26)(H,25,27)(H,28,29). The van der Waals surface area contributed by atoms with E-state index in [1.54, 1.807) is 36.4 Å². The van der Waals surface area contributed by atoms with Gasteiger partial charge in [0.2, 0.25) is 0 Å². The maximum Gasteiger partial charge on any atom is 0.337 e. The summed E-state index contributed by atoms with van der Waals surface area (Å²) in [4.78, 5) is 36.3. The first-order chi connectivity index (χ1) is 13.9. The normalized spacial score (nSPS) is 10.3. The molecule has 0 aliphatic carbocycles. The summed E-state index contributed by atoms with van der Waals surface area (Å²) in [5.74, 6) is -2.19. The molecule has 146 valence electrons. The van der Waals surface area contributed by atoms with E-state index in [1.165, 1.54) is 30.3 Å². The van der Waals surface area contributed by atoms with Crippen LogP contribution in [0, 0.1) is 0 Å². The average molecular weight is 429 g/mol. The van der Waals surface area contributed by atoms with Gasteiger partial charge in [0.1, 0.15) is 0 Å². The summed E-state index contributed by atoms with van der Waals surface area (Å²) < 4.78 is 0. The number of carboxylic acid groups (broad SMARTS) is 1. The van der Waals surface area contributed by atoms with Crippen LogP contribution in [0.15, 0.2) is 66.7 Å². The molecule has 0 radical (unpaired) electrons. The molecule has 0 aliphatic heterocycles. The van der Waals surface area contributed by atoms with E-state index in [4.69, 9.17) is 23.2 Å². The minimum absolute atomic E-state index is 0.0398. The molecule has 0 unspecified atom stereocenters. The van der Waals surface area contributed by atoms with E-state index in [9.17, 15) is 19.5 Å². The second-order valence-electron chi connectivity index (χ2n) is 5.93. The lowest BCUT2D eigenvalue weighted by atomic mass is 10.1. The number of nitrogens with one attached hydrogen (secondary N) is 2. The van der Waals surface area contributed by atoms with E-state index in [-0.39, 0.29) is 38.1 Å². The number of benzene rings is 3. The number of hydrogen-bond donors (Lipinski definition) is 3. The van der Waals surface area contributed by atoms with Crippen LogP contribution in [-0.4, -0.2) is 22.9 Å². The summed E-state index contributed by atoms with van der Waals surface area (Å²) in [7, 11) is 0. The van der Waals surface area contributed by atoms with Crippen molar-refractivity contribution in [1.29, 1.82) is 0 Å². The number of aromatic carboxylic acids is 1. The quantitative estimate of drug-likeness (QED) is 0.520. The van der Waals surface area contributed by atoms with Crippen molar-refractivity contribution in [1.82, 2.24) is 0 Å². The highest BCUT2D eigenvalue weighted by atomic mass is 35.5. The number of para-hydroxylation sites is 1. The molecule has 0 fully saturated rings. The fourth-order valence-electron chi connectivity index (χ4n) is 2.57. The second kappa shape index (κ2) is 8.77. The molecule has 29 heavy (non-hydrogen) atoms. The molecule has 0 bridgehead atoms. The number of carboxylic acids is 1.